The van der Waals surface area contributed by atoms with Crippen LogP contribution < -0.4 is 0 Å². The van der Waals surface area contributed by atoms with E-state index < -0.39 is 0 Å². The number of aliphatic hydroxyl groups excluding tert-OH is 2. The van der Waals surface area contributed by atoms with E-state index in [4.69, 9.17) is 15.3 Å². The van der Waals surface area contributed by atoms with Gasteiger partial charge in [0.25, 0.3) is 0 Å². The molecule has 0 aliphatic heterocycles. The van der Waals surface area contributed by atoms with Gasteiger partial charge in [-0.05, 0) is 37.6 Å². The van der Waals surface area contributed by atoms with E-state index in [1.54, 1.807) is 12.1 Å². The van der Waals surface area contributed by atoms with E-state index in [-0.39, 0.29) is 24.7 Å². The summed E-state index contributed by atoms with van der Waals surface area (Å²) in [5.74, 6) is 0.199. The second kappa shape index (κ2) is 7.96. The Morgan fingerprint density at radius 1 is 1.13 bits per heavy atom. The molecule has 1 rings (SSSR count). The third-order valence-corrected chi connectivity index (χ3v) is 1.59. The first-order valence-corrected chi connectivity index (χ1v) is 4.63. The van der Waals surface area contributed by atoms with Crippen LogP contribution in [0.5, 0.6) is 5.75 Å². The summed E-state index contributed by atoms with van der Waals surface area (Å²) in [5, 5.41) is 24.6. The molecule has 4 heteroatoms. The topological polar surface area (TPSA) is 77.8 Å². The molecule has 0 fully saturated rings. The summed E-state index contributed by atoms with van der Waals surface area (Å²) in [6.45, 7) is 1.68. The SMILES string of the molecule is CC(=O)c1ccc(O)cc1.OCCCO. The highest BCUT2D eigenvalue weighted by Gasteiger charge is 1.96. The van der Waals surface area contributed by atoms with Gasteiger partial charge in [0, 0.05) is 18.8 Å². The van der Waals surface area contributed by atoms with E-state index in [0.29, 0.717) is 12.0 Å². The fraction of sp³-hybridized carbons (Fsp3) is 0.364. The molecule has 4 nitrogen and oxygen atoms in total. The lowest BCUT2D eigenvalue weighted by Gasteiger charge is -1.93. The summed E-state index contributed by atoms with van der Waals surface area (Å²) in [6, 6.07) is 6.18. The van der Waals surface area contributed by atoms with Crippen LogP contribution in [0.4, 0.5) is 0 Å². The lowest BCUT2D eigenvalue weighted by Crippen LogP contribution is -1.89. The molecule has 0 aromatic heterocycles. The van der Waals surface area contributed by atoms with Crippen LogP contribution in [0, 0.1) is 0 Å². The van der Waals surface area contributed by atoms with Crippen LogP contribution in [0.3, 0.4) is 0 Å². The Bertz CT molecular complexity index is 277. The Labute approximate surface area is 88.8 Å². The van der Waals surface area contributed by atoms with Crippen LogP contribution in [-0.2, 0) is 0 Å². The summed E-state index contributed by atoms with van der Waals surface area (Å²) in [5.41, 5.74) is 0.623. The molecule has 0 saturated heterocycles. The van der Waals surface area contributed by atoms with Crippen molar-refractivity contribution in [1.29, 1.82) is 0 Å². The van der Waals surface area contributed by atoms with Gasteiger partial charge in [0.2, 0.25) is 0 Å². The molecule has 0 radical (unpaired) electrons. The Balaban J connectivity index is 0.000000336. The number of aliphatic hydroxyl groups is 2. The molecule has 0 heterocycles. The molecule has 15 heavy (non-hydrogen) atoms. The molecule has 0 unspecified atom stereocenters. The summed E-state index contributed by atoms with van der Waals surface area (Å²) < 4.78 is 0. The van der Waals surface area contributed by atoms with Gasteiger partial charge in [-0.25, -0.2) is 0 Å². The molecule has 84 valence electrons. The van der Waals surface area contributed by atoms with E-state index in [9.17, 15) is 4.79 Å². The third kappa shape index (κ3) is 6.65. The standard InChI is InChI=1S/C8H8O2.C3H8O2/c1-6(9)7-2-4-8(10)5-3-7;4-2-1-3-5/h2-5,10H,1H3;4-5H,1-3H2. The number of Topliss-reactive ketones (excluding diaryl/α,β-unsaturated/α-hetero) is 1. The molecule has 1 aromatic carbocycles. The summed E-state index contributed by atoms with van der Waals surface area (Å²) in [6.07, 6.45) is 0.500. The summed E-state index contributed by atoms with van der Waals surface area (Å²) in [7, 11) is 0. The molecule has 0 saturated carbocycles. The largest absolute Gasteiger partial charge is 0.508 e. The molecular formula is C11H16O4. The van der Waals surface area contributed by atoms with E-state index in [1.807, 2.05) is 0 Å². The first-order chi connectivity index (χ1) is 7.11. The number of benzene rings is 1. The number of hydrogen-bond donors (Lipinski definition) is 3. The first kappa shape index (κ1) is 13.6. The number of ketones is 1. The smallest absolute Gasteiger partial charge is 0.159 e. The maximum absolute atomic E-state index is 10.7. The maximum Gasteiger partial charge on any atom is 0.159 e. The van der Waals surface area contributed by atoms with E-state index in [2.05, 4.69) is 0 Å². The third-order valence-electron chi connectivity index (χ3n) is 1.59. The van der Waals surface area contributed by atoms with E-state index in [1.165, 1.54) is 19.1 Å². The van der Waals surface area contributed by atoms with Gasteiger partial charge in [-0.15, -0.1) is 0 Å². The van der Waals surface area contributed by atoms with E-state index in [0.717, 1.165) is 0 Å². The Kier molecular flexibility index (Phi) is 7.23. The van der Waals surface area contributed by atoms with E-state index >= 15 is 0 Å². The fourth-order valence-electron chi connectivity index (χ4n) is 0.767. The number of carbonyl (C=O) groups is 1. The average molecular weight is 212 g/mol. The minimum atomic E-state index is 0.0139. The van der Waals surface area contributed by atoms with Gasteiger partial charge in [-0.1, -0.05) is 0 Å². The highest BCUT2D eigenvalue weighted by atomic mass is 16.3. The monoisotopic (exact) mass is 212 g/mol. The number of hydrogen-bond acceptors (Lipinski definition) is 4. The van der Waals surface area contributed by atoms with Crippen molar-refractivity contribution in [1.82, 2.24) is 0 Å². The van der Waals surface area contributed by atoms with Gasteiger partial charge in [-0.3, -0.25) is 4.79 Å². The van der Waals surface area contributed by atoms with Crippen LogP contribution in [-0.4, -0.2) is 34.3 Å². The zero-order valence-electron chi connectivity index (χ0n) is 8.68. The van der Waals surface area contributed by atoms with Crippen molar-refractivity contribution in [3.8, 4) is 5.75 Å². The Morgan fingerprint density at radius 3 is 1.87 bits per heavy atom. The minimum Gasteiger partial charge on any atom is -0.508 e. The average Bonchev–Trinajstić information content (AvgIpc) is 2.20. The molecule has 0 atom stereocenters. The van der Waals surface area contributed by atoms with Crippen LogP contribution in [0.25, 0.3) is 0 Å². The molecule has 0 spiro atoms. The highest BCUT2D eigenvalue weighted by Crippen LogP contribution is 2.09. The molecule has 0 amide bonds. The molecule has 3 N–H and O–H groups in total. The lowest BCUT2D eigenvalue weighted by molar-refractivity contribution is 0.101. The van der Waals surface area contributed by atoms with Gasteiger partial charge in [0.05, 0.1) is 0 Å². The van der Waals surface area contributed by atoms with Crippen molar-refractivity contribution >= 4 is 5.78 Å². The fourth-order valence-corrected chi connectivity index (χ4v) is 0.767. The normalized spacial score (nSPS) is 9.00. The van der Waals surface area contributed by atoms with Crippen molar-refractivity contribution in [3.05, 3.63) is 29.8 Å². The van der Waals surface area contributed by atoms with Crippen molar-refractivity contribution in [2.75, 3.05) is 13.2 Å². The highest BCUT2D eigenvalue weighted by molar-refractivity contribution is 5.94. The van der Waals surface area contributed by atoms with Crippen molar-refractivity contribution < 1.29 is 20.1 Å². The predicted octanol–water partition coefficient (Wildman–Crippen LogP) is 0.956. The van der Waals surface area contributed by atoms with Gasteiger partial charge < -0.3 is 15.3 Å². The number of phenols is 1. The lowest BCUT2D eigenvalue weighted by atomic mass is 10.1. The molecule has 0 aliphatic carbocycles. The van der Waals surface area contributed by atoms with Gasteiger partial charge in [0.1, 0.15) is 5.75 Å². The minimum absolute atomic E-state index is 0.0139. The maximum atomic E-state index is 10.7. The van der Waals surface area contributed by atoms with Crippen molar-refractivity contribution in [2.45, 2.75) is 13.3 Å². The van der Waals surface area contributed by atoms with Crippen LogP contribution in [0.15, 0.2) is 24.3 Å². The van der Waals surface area contributed by atoms with Crippen LogP contribution >= 0.6 is 0 Å². The second-order valence-electron chi connectivity index (χ2n) is 2.90. The number of carbonyl (C=O) groups excluding carboxylic acids is 1. The summed E-state index contributed by atoms with van der Waals surface area (Å²) in [4.78, 5) is 10.7. The van der Waals surface area contributed by atoms with Gasteiger partial charge in [-0.2, -0.15) is 0 Å². The van der Waals surface area contributed by atoms with Gasteiger partial charge >= 0.3 is 0 Å². The van der Waals surface area contributed by atoms with Crippen molar-refractivity contribution in [3.63, 3.8) is 0 Å². The zero-order chi connectivity index (χ0) is 11.7. The quantitative estimate of drug-likeness (QED) is 0.652. The van der Waals surface area contributed by atoms with Crippen molar-refractivity contribution in [2.24, 2.45) is 0 Å². The molecule has 1 aromatic rings. The Hall–Kier alpha value is -1.39. The molecular weight excluding hydrogens is 196 g/mol. The number of aromatic hydroxyl groups is 1. The molecule has 0 bridgehead atoms. The van der Waals surface area contributed by atoms with Crippen LogP contribution in [0.2, 0.25) is 0 Å². The molecule has 0 aliphatic rings. The zero-order valence-corrected chi connectivity index (χ0v) is 8.68. The van der Waals surface area contributed by atoms with Gasteiger partial charge in [0.15, 0.2) is 5.78 Å². The van der Waals surface area contributed by atoms with Crippen LogP contribution in [0.1, 0.15) is 23.7 Å². The number of phenolic OH excluding ortho intramolecular Hbond substituents is 1. The first-order valence-electron chi connectivity index (χ1n) is 4.63. The second-order valence-corrected chi connectivity index (χ2v) is 2.90. The number of rotatable bonds is 3. The summed E-state index contributed by atoms with van der Waals surface area (Å²) >= 11 is 0. The Morgan fingerprint density at radius 2 is 1.60 bits per heavy atom. The predicted molar refractivity (Wildman–Crippen MR) is 56.9 cm³/mol.